The van der Waals surface area contributed by atoms with Gasteiger partial charge in [-0.15, -0.1) is 0 Å². The van der Waals surface area contributed by atoms with Crippen molar-refractivity contribution in [2.45, 2.75) is 39.2 Å². The van der Waals surface area contributed by atoms with Gasteiger partial charge >= 0.3 is 0 Å². The van der Waals surface area contributed by atoms with Crippen molar-refractivity contribution in [3.05, 3.63) is 0 Å². The summed E-state index contributed by atoms with van der Waals surface area (Å²) in [5, 5.41) is 0. The molecule has 0 aromatic rings. The van der Waals surface area contributed by atoms with Crippen molar-refractivity contribution >= 4 is 5.78 Å². The summed E-state index contributed by atoms with van der Waals surface area (Å²) in [5.41, 5.74) is 5.96. The Labute approximate surface area is 67.1 Å². The second-order valence-corrected chi connectivity index (χ2v) is 4.67. The molecule has 0 bridgehead atoms. The molecule has 0 heterocycles. The van der Waals surface area contributed by atoms with E-state index in [1.165, 1.54) is 0 Å². The first kappa shape index (κ1) is 7.29. The first-order chi connectivity index (χ1) is 4.98. The fourth-order valence-corrected chi connectivity index (χ4v) is 2.54. The van der Waals surface area contributed by atoms with Crippen LogP contribution in [-0.4, -0.2) is 11.8 Å². The van der Waals surface area contributed by atoms with Crippen LogP contribution in [0.4, 0.5) is 0 Å². The summed E-state index contributed by atoms with van der Waals surface area (Å²) in [5.74, 6) is 0.421. The molecule has 2 nitrogen and oxygen atoms in total. The summed E-state index contributed by atoms with van der Waals surface area (Å²) >= 11 is 0. The largest absolute Gasteiger partial charge is 0.328 e. The number of hydrogen-bond donors (Lipinski definition) is 1. The van der Waals surface area contributed by atoms with Crippen LogP contribution in [0.5, 0.6) is 0 Å². The van der Waals surface area contributed by atoms with Crippen LogP contribution in [-0.2, 0) is 4.79 Å². The molecule has 2 rings (SSSR count). The van der Waals surface area contributed by atoms with Gasteiger partial charge in [-0.25, -0.2) is 0 Å². The van der Waals surface area contributed by atoms with Gasteiger partial charge in [-0.1, -0.05) is 13.8 Å². The fraction of sp³-hybridized carbons (Fsp3) is 0.889. The molecule has 2 saturated carbocycles. The first-order valence-corrected chi connectivity index (χ1v) is 4.27. The Morgan fingerprint density at radius 1 is 1.45 bits per heavy atom. The maximum absolute atomic E-state index is 11.2. The van der Waals surface area contributed by atoms with Gasteiger partial charge in [0.15, 0.2) is 0 Å². The van der Waals surface area contributed by atoms with Gasteiger partial charge in [0.05, 0.1) is 0 Å². The molecule has 2 heteroatoms. The van der Waals surface area contributed by atoms with Gasteiger partial charge in [-0.05, 0) is 18.3 Å². The van der Waals surface area contributed by atoms with E-state index in [-0.39, 0.29) is 5.41 Å². The van der Waals surface area contributed by atoms with Gasteiger partial charge in [-0.3, -0.25) is 4.79 Å². The standard InChI is InChI=1S/C9H15NO/c1-8(2)7(11)5-9(8)3-6(10)4-9/h6H,3-5,10H2,1-2H3. The Bertz CT molecular complexity index is 214. The molecule has 0 aromatic carbocycles. The maximum atomic E-state index is 11.2. The smallest absolute Gasteiger partial charge is 0.139 e. The van der Waals surface area contributed by atoms with E-state index in [4.69, 9.17) is 5.73 Å². The van der Waals surface area contributed by atoms with Gasteiger partial charge in [-0.2, -0.15) is 0 Å². The molecule has 1 spiro atoms. The van der Waals surface area contributed by atoms with Crippen LogP contribution < -0.4 is 5.73 Å². The number of ketones is 1. The Kier molecular flexibility index (Phi) is 1.12. The predicted octanol–water partition coefficient (Wildman–Crippen LogP) is 1.09. The zero-order valence-corrected chi connectivity index (χ0v) is 7.18. The Hall–Kier alpha value is -0.370. The van der Waals surface area contributed by atoms with Gasteiger partial charge < -0.3 is 5.73 Å². The second-order valence-electron chi connectivity index (χ2n) is 4.67. The molecule has 2 fully saturated rings. The molecule has 0 radical (unpaired) electrons. The van der Waals surface area contributed by atoms with E-state index in [0.29, 0.717) is 17.2 Å². The third-order valence-electron chi connectivity index (χ3n) is 3.83. The molecular formula is C9H15NO. The van der Waals surface area contributed by atoms with Crippen LogP contribution in [0.2, 0.25) is 0 Å². The topological polar surface area (TPSA) is 43.1 Å². The molecule has 0 amide bonds. The van der Waals surface area contributed by atoms with Crippen molar-refractivity contribution in [1.82, 2.24) is 0 Å². The molecule has 2 aliphatic carbocycles. The van der Waals surface area contributed by atoms with E-state index in [1.54, 1.807) is 0 Å². The van der Waals surface area contributed by atoms with Crippen molar-refractivity contribution in [3.63, 3.8) is 0 Å². The number of Topliss-reactive ketones (excluding diaryl/α,β-unsaturated/α-hetero) is 1. The minimum absolute atomic E-state index is 0.0666. The number of rotatable bonds is 0. The summed E-state index contributed by atoms with van der Waals surface area (Å²) < 4.78 is 0. The van der Waals surface area contributed by atoms with Crippen molar-refractivity contribution < 1.29 is 4.79 Å². The fourth-order valence-electron chi connectivity index (χ4n) is 2.54. The van der Waals surface area contributed by atoms with Crippen molar-refractivity contribution in [3.8, 4) is 0 Å². The van der Waals surface area contributed by atoms with E-state index in [0.717, 1.165) is 19.3 Å². The summed E-state index contributed by atoms with van der Waals surface area (Å²) in [6.07, 6.45) is 2.91. The van der Waals surface area contributed by atoms with Crippen LogP contribution in [0, 0.1) is 10.8 Å². The van der Waals surface area contributed by atoms with Crippen molar-refractivity contribution in [2.75, 3.05) is 0 Å². The third kappa shape index (κ3) is 0.639. The number of nitrogens with two attached hydrogens (primary N) is 1. The summed E-state index contributed by atoms with van der Waals surface area (Å²) in [6, 6.07) is 0.363. The summed E-state index contributed by atoms with van der Waals surface area (Å²) in [4.78, 5) is 11.2. The predicted molar refractivity (Wildman–Crippen MR) is 43.0 cm³/mol. The average molecular weight is 153 g/mol. The minimum atomic E-state index is -0.0666. The number of carbonyl (C=O) groups is 1. The quantitative estimate of drug-likeness (QED) is 0.566. The molecule has 11 heavy (non-hydrogen) atoms. The van der Waals surface area contributed by atoms with Crippen molar-refractivity contribution in [1.29, 1.82) is 0 Å². The molecule has 0 aromatic heterocycles. The van der Waals surface area contributed by atoms with Crippen molar-refractivity contribution in [2.24, 2.45) is 16.6 Å². The van der Waals surface area contributed by atoms with E-state index >= 15 is 0 Å². The lowest BCUT2D eigenvalue weighted by Crippen LogP contribution is -2.65. The highest BCUT2D eigenvalue weighted by Crippen LogP contribution is 2.64. The van der Waals surface area contributed by atoms with Crippen LogP contribution >= 0.6 is 0 Å². The van der Waals surface area contributed by atoms with Gasteiger partial charge in [0, 0.05) is 17.9 Å². The van der Waals surface area contributed by atoms with Crippen LogP contribution in [0.3, 0.4) is 0 Å². The van der Waals surface area contributed by atoms with E-state index in [2.05, 4.69) is 13.8 Å². The van der Waals surface area contributed by atoms with E-state index in [9.17, 15) is 4.79 Å². The van der Waals surface area contributed by atoms with E-state index in [1.807, 2.05) is 0 Å². The molecule has 62 valence electrons. The molecule has 0 saturated heterocycles. The van der Waals surface area contributed by atoms with Crippen LogP contribution in [0.25, 0.3) is 0 Å². The summed E-state index contributed by atoms with van der Waals surface area (Å²) in [6.45, 7) is 4.12. The lowest BCUT2D eigenvalue weighted by atomic mass is 9.41. The second kappa shape index (κ2) is 1.69. The zero-order valence-electron chi connectivity index (χ0n) is 7.18. The number of carbonyl (C=O) groups excluding carboxylic acids is 1. The lowest BCUT2D eigenvalue weighted by molar-refractivity contribution is -0.170. The Morgan fingerprint density at radius 3 is 2.27 bits per heavy atom. The minimum Gasteiger partial charge on any atom is -0.328 e. The molecule has 0 atom stereocenters. The SMILES string of the molecule is CC1(C)C(=O)CC12CC(N)C2. The normalized spacial score (nSPS) is 46.8. The highest BCUT2D eigenvalue weighted by atomic mass is 16.1. The van der Waals surface area contributed by atoms with Gasteiger partial charge in [0.2, 0.25) is 0 Å². The zero-order chi connectivity index (χ0) is 8.28. The van der Waals surface area contributed by atoms with Crippen LogP contribution in [0.15, 0.2) is 0 Å². The van der Waals surface area contributed by atoms with Gasteiger partial charge in [0.1, 0.15) is 5.78 Å². The average Bonchev–Trinajstić information content (AvgIpc) is 1.84. The Balaban J connectivity index is 2.15. The lowest BCUT2D eigenvalue weighted by Gasteiger charge is -2.62. The first-order valence-electron chi connectivity index (χ1n) is 4.27. The number of hydrogen-bond acceptors (Lipinski definition) is 2. The van der Waals surface area contributed by atoms with Crippen LogP contribution in [0.1, 0.15) is 33.1 Å². The third-order valence-corrected chi connectivity index (χ3v) is 3.83. The molecule has 2 N–H and O–H groups in total. The molecule has 2 aliphatic rings. The molecular weight excluding hydrogens is 138 g/mol. The molecule has 0 unspecified atom stereocenters. The molecule has 0 aliphatic heterocycles. The Morgan fingerprint density at radius 2 is 2.00 bits per heavy atom. The monoisotopic (exact) mass is 153 g/mol. The summed E-state index contributed by atoms with van der Waals surface area (Å²) in [7, 11) is 0. The maximum Gasteiger partial charge on any atom is 0.139 e. The van der Waals surface area contributed by atoms with Gasteiger partial charge in [0.25, 0.3) is 0 Å². The highest BCUT2D eigenvalue weighted by Gasteiger charge is 2.64. The highest BCUT2D eigenvalue weighted by molar-refractivity contribution is 5.92. The van der Waals surface area contributed by atoms with E-state index < -0.39 is 0 Å².